The summed E-state index contributed by atoms with van der Waals surface area (Å²) >= 11 is 0. The van der Waals surface area contributed by atoms with Crippen LogP contribution in [0.5, 0.6) is 0 Å². The smallest absolute Gasteiger partial charge is 0.407 e. The van der Waals surface area contributed by atoms with Crippen molar-refractivity contribution in [3.63, 3.8) is 0 Å². The Balaban J connectivity index is 2.50. The molecule has 111 valence electrons. The lowest BCUT2D eigenvalue weighted by molar-refractivity contribution is 0.132. The number of hydrogen-bond donors (Lipinski definition) is 2. The minimum Gasteiger partial charge on any atom is -0.445 e. The SMILES string of the molecule is [CH2][C@@H](F)C(CS(=O)(=O)O)NC(=O)OCc1ccccc1. The topological polar surface area (TPSA) is 92.7 Å². The van der Waals surface area contributed by atoms with Crippen molar-refractivity contribution < 1.29 is 26.9 Å². The number of carbonyl (C=O) groups is 1. The standard InChI is InChI=1S/C12H15FNO5S/c1-9(13)11(8-20(16,17)18)14-12(15)19-7-10-5-3-2-4-6-10/h2-6,9,11H,1,7-8H2,(H,14,15)(H,16,17,18)/t9-,11?/m1/s1. The summed E-state index contributed by atoms with van der Waals surface area (Å²) in [6.45, 7) is 2.94. The second-order valence-electron chi connectivity index (χ2n) is 4.08. The van der Waals surface area contributed by atoms with Gasteiger partial charge in [0.25, 0.3) is 10.1 Å². The highest BCUT2D eigenvalue weighted by atomic mass is 32.2. The lowest BCUT2D eigenvalue weighted by atomic mass is 10.2. The van der Waals surface area contributed by atoms with Gasteiger partial charge in [0.2, 0.25) is 0 Å². The van der Waals surface area contributed by atoms with Gasteiger partial charge in [-0.2, -0.15) is 8.42 Å². The molecule has 0 aliphatic rings. The van der Waals surface area contributed by atoms with Gasteiger partial charge in [0.15, 0.2) is 0 Å². The van der Waals surface area contributed by atoms with Gasteiger partial charge in [-0.05, 0) is 12.5 Å². The van der Waals surface area contributed by atoms with Crippen LogP contribution in [0.4, 0.5) is 9.18 Å². The molecule has 0 aliphatic carbocycles. The third kappa shape index (κ3) is 6.48. The minimum atomic E-state index is -4.43. The fourth-order valence-electron chi connectivity index (χ4n) is 1.38. The van der Waals surface area contributed by atoms with Crippen LogP contribution >= 0.6 is 0 Å². The molecule has 0 aliphatic heterocycles. The van der Waals surface area contributed by atoms with Gasteiger partial charge in [-0.1, -0.05) is 30.3 Å². The summed E-state index contributed by atoms with van der Waals surface area (Å²) in [5, 5.41) is 2.01. The molecular weight excluding hydrogens is 289 g/mol. The zero-order valence-electron chi connectivity index (χ0n) is 10.5. The summed E-state index contributed by atoms with van der Waals surface area (Å²) in [5.41, 5.74) is 0.723. The quantitative estimate of drug-likeness (QED) is 0.774. The first-order valence-electron chi connectivity index (χ1n) is 5.67. The van der Waals surface area contributed by atoms with E-state index >= 15 is 0 Å². The van der Waals surface area contributed by atoms with Crippen molar-refractivity contribution in [3.05, 3.63) is 42.8 Å². The first-order valence-corrected chi connectivity index (χ1v) is 7.28. The highest BCUT2D eigenvalue weighted by Gasteiger charge is 2.25. The molecule has 1 aromatic rings. The van der Waals surface area contributed by atoms with E-state index in [-0.39, 0.29) is 6.61 Å². The molecule has 2 atom stereocenters. The van der Waals surface area contributed by atoms with Crippen molar-refractivity contribution in [2.75, 3.05) is 5.75 Å². The zero-order chi connectivity index (χ0) is 15.2. The summed E-state index contributed by atoms with van der Waals surface area (Å²) in [5.74, 6) is -0.974. The number of ether oxygens (including phenoxy) is 1. The molecule has 20 heavy (non-hydrogen) atoms. The molecule has 1 rings (SSSR count). The Bertz CT molecular complexity index is 532. The molecule has 0 fully saturated rings. The number of alkyl halides is 1. The second kappa shape index (κ2) is 7.20. The van der Waals surface area contributed by atoms with Gasteiger partial charge in [-0.3, -0.25) is 4.55 Å². The van der Waals surface area contributed by atoms with Crippen molar-refractivity contribution in [2.24, 2.45) is 0 Å². The number of carbonyl (C=O) groups excluding carboxylic acids is 1. The summed E-state index contributed by atoms with van der Waals surface area (Å²) in [6.07, 6.45) is -2.89. The van der Waals surface area contributed by atoms with Gasteiger partial charge < -0.3 is 10.1 Å². The predicted molar refractivity (Wildman–Crippen MR) is 70.2 cm³/mol. The summed E-state index contributed by atoms with van der Waals surface area (Å²) in [7, 11) is -4.43. The van der Waals surface area contributed by atoms with Crippen LogP contribution in [0.2, 0.25) is 0 Å². The number of nitrogens with one attached hydrogen (secondary N) is 1. The van der Waals surface area contributed by atoms with Crippen LogP contribution in [-0.4, -0.2) is 37.0 Å². The molecule has 8 heteroatoms. The largest absolute Gasteiger partial charge is 0.445 e. The molecule has 6 nitrogen and oxygen atoms in total. The highest BCUT2D eigenvalue weighted by Crippen LogP contribution is 2.04. The van der Waals surface area contributed by atoms with Gasteiger partial charge in [-0.25, -0.2) is 9.18 Å². The van der Waals surface area contributed by atoms with Crippen molar-refractivity contribution in [1.29, 1.82) is 0 Å². The Labute approximate surface area is 116 Å². The van der Waals surface area contributed by atoms with Gasteiger partial charge in [0.1, 0.15) is 12.8 Å². The Morgan fingerprint density at radius 2 is 2.00 bits per heavy atom. The molecule has 0 saturated carbocycles. The first kappa shape index (κ1) is 16.4. The van der Waals surface area contributed by atoms with Crippen molar-refractivity contribution >= 4 is 16.2 Å². The maximum Gasteiger partial charge on any atom is 0.407 e. The Hall–Kier alpha value is -1.67. The molecule has 0 saturated heterocycles. The molecular formula is C12H15FNO5S. The van der Waals surface area contributed by atoms with Crippen molar-refractivity contribution in [1.82, 2.24) is 5.32 Å². The lowest BCUT2D eigenvalue weighted by Crippen LogP contribution is -2.45. The van der Waals surface area contributed by atoms with E-state index in [2.05, 4.69) is 6.92 Å². The van der Waals surface area contributed by atoms with E-state index in [1.165, 1.54) is 0 Å². The maximum atomic E-state index is 13.1. The fraction of sp³-hybridized carbons (Fsp3) is 0.333. The van der Waals surface area contributed by atoms with Gasteiger partial charge in [0, 0.05) is 0 Å². The van der Waals surface area contributed by atoms with E-state index < -0.39 is 34.2 Å². The maximum absolute atomic E-state index is 13.1. The van der Waals surface area contributed by atoms with Crippen LogP contribution in [0.15, 0.2) is 30.3 Å². The fourth-order valence-corrected chi connectivity index (χ4v) is 2.13. The van der Waals surface area contributed by atoms with E-state index in [1.54, 1.807) is 30.3 Å². The monoisotopic (exact) mass is 304 g/mol. The van der Waals surface area contributed by atoms with Crippen LogP contribution < -0.4 is 5.32 Å². The second-order valence-corrected chi connectivity index (χ2v) is 5.57. The number of benzene rings is 1. The number of rotatable bonds is 6. The van der Waals surface area contributed by atoms with Crippen LogP contribution in [0.1, 0.15) is 5.56 Å². The van der Waals surface area contributed by atoms with Gasteiger partial charge in [-0.15, -0.1) is 0 Å². The average Bonchev–Trinajstić information content (AvgIpc) is 2.35. The van der Waals surface area contributed by atoms with Gasteiger partial charge in [0.05, 0.1) is 11.8 Å². The molecule has 1 amide bonds. The molecule has 1 radical (unpaired) electrons. The molecule has 0 spiro atoms. The van der Waals surface area contributed by atoms with E-state index in [0.717, 1.165) is 5.56 Å². The number of alkyl carbamates (subject to hydrolysis) is 1. The minimum absolute atomic E-state index is 0.0423. The molecule has 0 heterocycles. The van der Waals surface area contributed by atoms with E-state index in [1.807, 2.05) is 5.32 Å². The molecule has 1 unspecified atom stereocenters. The third-order valence-corrected chi connectivity index (χ3v) is 3.12. The summed E-state index contributed by atoms with van der Waals surface area (Å²) in [4.78, 5) is 11.4. The highest BCUT2D eigenvalue weighted by molar-refractivity contribution is 7.85. The lowest BCUT2D eigenvalue weighted by Gasteiger charge is -2.18. The Kier molecular flexibility index (Phi) is 5.90. The number of hydrogen-bond acceptors (Lipinski definition) is 4. The van der Waals surface area contributed by atoms with E-state index in [0.29, 0.717) is 0 Å². The normalized spacial score (nSPS) is 14.3. The molecule has 2 N–H and O–H groups in total. The first-order chi connectivity index (χ1) is 9.28. The molecule has 1 aromatic carbocycles. The molecule has 0 bridgehead atoms. The van der Waals surface area contributed by atoms with Crippen LogP contribution in [-0.2, 0) is 21.5 Å². The Morgan fingerprint density at radius 3 is 2.50 bits per heavy atom. The van der Waals surface area contributed by atoms with E-state index in [9.17, 15) is 17.6 Å². The van der Waals surface area contributed by atoms with Crippen LogP contribution in [0, 0.1) is 6.92 Å². The van der Waals surface area contributed by atoms with Gasteiger partial charge >= 0.3 is 6.09 Å². The van der Waals surface area contributed by atoms with Crippen molar-refractivity contribution in [3.8, 4) is 0 Å². The number of amides is 1. The van der Waals surface area contributed by atoms with Crippen LogP contribution in [0.25, 0.3) is 0 Å². The van der Waals surface area contributed by atoms with E-state index in [4.69, 9.17) is 9.29 Å². The summed E-state index contributed by atoms with van der Waals surface area (Å²) < 4.78 is 47.9. The Morgan fingerprint density at radius 1 is 1.40 bits per heavy atom. The van der Waals surface area contributed by atoms with Crippen molar-refractivity contribution in [2.45, 2.75) is 18.8 Å². The average molecular weight is 304 g/mol. The van der Waals surface area contributed by atoms with Crippen LogP contribution in [0.3, 0.4) is 0 Å². The zero-order valence-corrected chi connectivity index (χ0v) is 11.3. The third-order valence-electron chi connectivity index (χ3n) is 2.34. The number of halogens is 1. The predicted octanol–water partition coefficient (Wildman–Crippen LogP) is 1.34. The summed E-state index contributed by atoms with van der Waals surface area (Å²) in [6, 6.07) is 7.27. The molecule has 0 aromatic heterocycles.